The molecule has 0 aliphatic heterocycles. The third-order valence-electron chi connectivity index (χ3n) is 3.95. The molecule has 1 N–H and O–H groups in total. The minimum atomic E-state index is -0.330. The van der Waals surface area contributed by atoms with E-state index < -0.39 is 0 Å². The van der Waals surface area contributed by atoms with E-state index in [1.54, 1.807) is 0 Å². The average Bonchev–Trinajstić information content (AvgIpc) is 2.46. The molecule has 0 heterocycles. The first-order valence-corrected chi connectivity index (χ1v) is 7.25. The molecule has 1 aromatic rings. The van der Waals surface area contributed by atoms with Crippen LogP contribution in [0.4, 0.5) is 5.69 Å². The second kappa shape index (κ2) is 6.80. The molecule has 1 aromatic carbocycles. The topological polar surface area (TPSA) is 32.7 Å². The molecule has 2 rings (SSSR count). The molecule has 0 aromatic heterocycles. The van der Waals surface area contributed by atoms with E-state index in [1.165, 1.54) is 19.3 Å². The Morgan fingerprint density at radius 3 is 2.68 bits per heavy atom. The SMILES string of the molecule is CN(C)c1cccc(OCC(O)C2CCCCC2)c1. The minimum Gasteiger partial charge on any atom is -0.491 e. The standard InChI is InChI=1S/C16H25NO2/c1-17(2)14-9-6-10-15(11-14)19-12-16(18)13-7-4-3-5-8-13/h6,9-11,13,16,18H,3-5,7-8,12H2,1-2H3. The predicted octanol–water partition coefficient (Wildman–Crippen LogP) is 3.07. The second-order valence-corrected chi connectivity index (χ2v) is 5.67. The van der Waals surface area contributed by atoms with Gasteiger partial charge in [-0.3, -0.25) is 0 Å². The van der Waals surface area contributed by atoms with E-state index in [4.69, 9.17) is 4.74 Å². The van der Waals surface area contributed by atoms with E-state index in [0.717, 1.165) is 24.3 Å². The molecule has 0 radical (unpaired) electrons. The molecule has 1 unspecified atom stereocenters. The number of ether oxygens (including phenoxy) is 1. The first-order chi connectivity index (χ1) is 9.16. The van der Waals surface area contributed by atoms with Crippen molar-refractivity contribution in [3.05, 3.63) is 24.3 Å². The molecule has 1 saturated carbocycles. The van der Waals surface area contributed by atoms with Crippen molar-refractivity contribution in [1.29, 1.82) is 0 Å². The molecule has 0 amide bonds. The Balaban J connectivity index is 1.85. The van der Waals surface area contributed by atoms with E-state index in [9.17, 15) is 5.11 Å². The normalized spacial score (nSPS) is 18.1. The number of aliphatic hydroxyl groups is 1. The van der Waals surface area contributed by atoms with Crippen molar-refractivity contribution < 1.29 is 9.84 Å². The van der Waals surface area contributed by atoms with Crippen LogP contribution in [0.3, 0.4) is 0 Å². The summed E-state index contributed by atoms with van der Waals surface area (Å²) < 4.78 is 5.74. The summed E-state index contributed by atoms with van der Waals surface area (Å²) in [7, 11) is 4.02. The summed E-state index contributed by atoms with van der Waals surface area (Å²) in [5.41, 5.74) is 1.12. The van der Waals surface area contributed by atoms with Crippen LogP contribution in [-0.4, -0.2) is 31.9 Å². The van der Waals surface area contributed by atoms with Gasteiger partial charge in [0.15, 0.2) is 0 Å². The third-order valence-corrected chi connectivity index (χ3v) is 3.95. The number of anilines is 1. The second-order valence-electron chi connectivity index (χ2n) is 5.67. The quantitative estimate of drug-likeness (QED) is 0.886. The largest absolute Gasteiger partial charge is 0.491 e. The van der Waals surface area contributed by atoms with Gasteiger partial charge in [0.05, 0.1) is 6.10 Å². The smallest absolute Gasteiger partial charge is 0.121 e. The summed E-state index contributed by atoms with van der Waals surface area (Å²) in [6.07, 6.45) is 5.76. The maximum Gasteiger partial charge on any atom is 0.121 e. The highest BCUT2D eigenvalue weighted by Gasteiger charge is 2.22. The molecule has 3 nitrogen and oxygen atoms in total. The van der Waals surface area contributed by atoms with E-state index in [2.05, 4.69) is 0 Å². The number of nitrogens with zero attached hydrogens (tertiary/aromatic N) is 1. The van der Waals surface area contributed by atoms with Crippen LogP contribution in [-0.2, 0) is 0 Å². The predicted molar refractivity (Wildman–Crippen MR) is 78.8 cm³/mol. The Morgan fingerprint density at radius 2 is 2.00 bits per heavy atom. The number of hydrogen-bond donors (Lipinski definition) is 1. The maximum absolute atomic E-state index is 10.2. The van der Waals surface area contributed by atoms with Gasteiger partial charge in [0.25, 0.3) is 0 Å². The van der Waals surface area contributed by atoms with Crippen LogP contribution >= 0.6 is 0 Å². The van der Waals surface area contributed by atoms with Crippen molar-refractivity contribution in [3.63, 3.8) is 0 Å². The van der Waals surface area contributed by atoms with Crippen molar-refractivity contribution in [1.82, 2.24) is 0 Å². The van der Waals surface area contributed by atoms with Gasteiger partial charge in [-0.2, -0.15) is 0 Å². The third kappa shape index (κ3) is 4.13. The molecular formula is C16H25NO2. The number of rotatable bonds is 5. The van der Waals surface area contributed by atoms with Crippen molar-refractivity contribution in [3.8, 4) is 5.75 Å². The zero-order valence-corrected chi connectivity index (χ0v) is 12.0. The lowest BCUT2D eigenvalue weighted by Gasteiger charge is -2.26. The zero-order chi connectivity index (χ0) is 13.7. The van der Waals surface area contributed by atoms with E-state index in [1.807, 2.05) is 43.3 Å². The zero-order valence-electron chi connectivity index (χ0n) is 12.0. The fourth-order valence-corrected chi connectivity index (χ4v) is 2.69. The molecule has 106 valence electrons. The van der Waals surface area contributed by atoms with Gasteiger partial charge in [-0.25, -0.2) is 0 Å². The number of benzene rings is 1. The van der Waals surface area contributed by atoms with Crippen molar-refractivity contribution in [2.24, 2.45) is 5.92 Å². The number of aliphatic hydroxyl groups excluding tert-OH is 1. The first kappa shape index (κ1) is 14.2. The lowest BCUT2D eigenvalue weighted by Crippen LogP contribution is -2.28. The molecule has 1 atom stereocenters. The molecule has 0 spiro atoms. The van der Waals surface area contributed by atoms with Gasteiger partial charge in [-0.05, 0) is 30.9 Å². The first-order valence-electron chi connectivity index (χ1n) is 7.25. The van der Waals surface area contributed by atoms with Crippen LogP contribution in [0.25, 0.3) is 0 Å². The highest BCUT2D eigenvalue weighted by molar-refractivity contribution is 5.49. The molecule has 1 aliphatic carbocycles. The molecule has 1 fully saturated rings. The fourth-order valence-electron chi connectivity index (χ4n) is 2.69. The lowest BCUT2D eigenvalue weighted by molar-refractivity contribution is 0.0414. The van der Waals surface area contributed by atoms with Crippen LogP contribution in [0.2, 0.25) is 0 Å². The molecule has 0 bridgehead atoms. The van der Waals surface area contributed by atoms with Gasteiger partial charge in [-0.1, -0.05) is 25.3 Å². The summed E-state index contributed by atoms with van der Waals surface area (Å²) in [5, 5.41) is 10.2. The monoisotopic (exact) mass is 263 g/mol. The Hall–Kier alpha value is -1.22. The summed E-state index contributed by atoms with van der Waals surface area (Å²) >= 11 is 0. The van der Waals surface area contributed by atoms with E-state index in [0.29, 0.717) is 12.5 Å². The van der Waals surface area contributed by atoms with Gasteiger partial charge >= 0.3 is 0 Å². The van der Waals surface area contributed by atoms with Crippen molar-refractivity contribution >= 4 is 5.69 Å². The molecule has 0 saturated heterocycles. The fraction of sp³-hybridized carbons (Fsp3) is 0.625. The van der Waals surface area contributed by atoms with Crippen molar-refractivity contribution in [2.45, 2.75) is 38.2 Å². The van der Waals surface area contributed by atoms with E-state index in [-0.39, 0.29) is 6.10 Å². The van der Waals surface area contributed by atoms with Crippen LogP contribution in [0.15, 0.2) is 24.3 Å². The summed E-state index contributed by atoms with van der Waals surface area (Å²) in [6, 6.07) is 7.98. The maximum atomic E-state index is 10.2. The summed E-state index contributed by atoms with van der Waals surface area (Å²) in [5.74, 6) is 1.26. The summed E-state index contributed by atoms with van der Waals surface area (Å²) in [4.78, 5) is 2.05. The molecule has 3 heteroatoms. The van der Waals surface area contributed by atoms with Gasteiger partial charge < -0.3 is 14.7 Å². The Morgan fingerprint density at radius 1 is 1.26 bits per heavy atom. The molecule has 1 aliphatic rings. The highest BCUT2D eigenvalue weighted by atomic mass is 16.5. The van der Waals surface area contributed by atoms with Crippen LogP contribution < -0.4 is 9.64 Å². The Bertz CT molecular complexity index is 386. The Kier molecular flexibility index (Phi) is 5.08. The number of hydrogen-bond acceptors (Lipinski definition) is 3. The van der Waals surface area contributed by atoms with Gasteiger partial charge in [0, 0.05) is 25.8 Å². The van der Waals surface area contributed by atoms with Gasteiger partial charge in [-0.15, -0.1) is 0 Å². The Labute approximate surface area is 116 Å². The molecule has 19 heavy (non-hydrogen) atoms. The molecular weight excluding hydrogens is 238 g/mol. The van der Waals surface area contributed by atoms with Crippen LogP contribution in [0, 0.1) is 5.92 Å². The highest BCUT2D eigenvalue weighted by Crippen LogP contribution is 2.27. The van der Waals surface area contributed by atoms with Crippen LogP contribution in [0.5, 0.6) is 5.75 Å². The van der Waals surface area contributed by atoms with E-state index >= 15 is 0 Å². The van der Waals surface area contributed by atoms with Gasteiger partial charge in [0.2, 0.25) is 0 Å². The lowest BCUT2D eigenvalue weighted by atomic mass is 9.85. The minimum absolute atomic E-state index is 0.330. The van der Waals surface area contributed by atoms with Crippen LogP contribution in [0.1, 0.15) is 32.1 Å². The average molecular weight is 263 g/mol. The van der Waals surface area contributed by atoms with Crippen molar-refractivity contribution in [2.75, 3.05) is 25.6 Å². The van der Waals surface area contributed by atoms with Gasteiger partial charge in [0.1, 0.15) is 12.4 Å². The summed E-state index contributed by atoms with van der Waals surface area (Å²) in [6.45, 7) is 0.404.